The standard InChI is InChI=1S/C18H25ClN4OS.HI/c1-4-20-18(22-10-17-23-15(11-25-17)12(2)3)21-9-16(24)13-5-7-14(19)8-6-13;/h5-8,11-12,16,24H,4,9-10H2,1-3H3,(H2,20,21,22);1H. The normalized spacial score (nSPS) is 12.6. The number of hydrogen-bond acceptors (Lipinski definition) is 4. The second-order valence-corrected chi connectivity index (χ2v) is 7.34. The van der Waals surface area contributed by atoms with Gasteiger partial charge in [0.25, 0.3) is 0 Å². The molecular formula is C18H26ClIN4OS. The summed E-state index contributed by atoms with van der Waals surface area (Å²) < 4.78 is 0. The summed E-state index contributed by atoms with van der Waals surface area (Å²) in [5.74, 6) is 1.09. The van der Waals surface area contributed by atoms with E-state index in [9.17, 15) is 5.11 Å². The Labute approximate surface area is 181 Å². The maximum Gasteiger partial charge on any atom is 0.191 e. The fourth-order valence-corrected chi connectivity index (χ4v) is 3.15. The summed E-state index contributed by atoms with van der Waals surface area (Å²) in [6.45, 7) is 7.90. The number of aromatic nitrogens is 1. The van der Waals surface area contributed by atoms with Gasteiger partial charge in [0, 0.05) is 23.5 Å². The molecule has 0 radical (unpaired) electrons. The van der Waals surface area contributed by atoms with Crippen molar-refractivity contribution in [2.75, 3.05) is 13.1 Å². The molecule has 0 aliphatic carbocycles. The predicted octanol–water partition coefficient (Wildman–Crippen LogP) is 4.33. The second kappa shape index (κ2) is 11.7. The minimum absolute atomic E-state index is 0. The summed E-state index contributed by atoms with van der Waals surface area (Å²) >= 11 is 7.50. The summed E-state index contributed by atoms with van der Waals surface area (Å²) in [6, 6.07) is 7.19. The van der Waals surface area contributed by atoms with Crippen LogP contribution in [0.5, 0.6) is 0 Å². The molecule has 0 bridgehead atoms. The molecule has 2 rings (SSSR count). The van der Waals surface area contributed by atoms with E-state index in [0.29, 0.717) is 30.0 Å². The van der Waals surface area contributed by atoms with Crippen LogP contribution in [0.15, 0.2) is 34.6 Å². The van der Waals surface area contributed by atoms with Gasteiger partial charge in [0.1, 0.15) is 5.01 Å². The third-order valence-corrected chi connectivity index (χ3v) is 4.70. The van der Waals surface area contributed by atoms with E-state index >= 15 is 0 Å². The van der Waals surface area contributed by atoms with Crippen molar-refractivity contribution in [3.63, 3.8) is 0 Å². The molecular weight excluding hydrogens is 483 g/mol. The molecule has 0 spiro atoms. The Kier molecular flexibility index (Phi) is 10.4. The zero-order valence-corrected chi connectivity index (χ0v) is 19.1. The van der Waals surface area contributed by atoms with Crippen molar-refractivity contribution in [1.29, 1.82) is 0 Å². The highest BCUT2D eigenvalue weighted by molar-refractivity contribution is 14.0. The van der Waals surface area contributed by atoms with Gasteiger partial charge in [-0.05, 0) is 30.5 Å². The van der Waals surface area contributed by atoms with E-state index < -0.39 is 6.10 Å². The maximum atomic E-state index is 10.3. The Bertz CT molecular complexity index is 691. The third-order valence-electron chi connectivity index (χ3n) is 3.60. The van der Waals surface area contributed by atoms with E-state index in [0.717, 1.165) is 22.8 Å². The van der Waals surface area contributed by atoms with E-state index in [1.54, 1.807) is 23.5 Å². The number of halogens is 2. The molecule has 1 heterocycles. The van der Waals surface area contributed by atoms with Gasteiger partial charge in [-0.25, -0.2) is 9.98 Å². The Balaban J connectivity index is 0.00000338. The van der Waals surface area contributed by atoms with Crippen LogP contribution in [0.4, 0.5) is 0 Å². The summed E-state index contributed by atoms with van der Waals surface area (Å²) in [7, 11) is 0. The maximum absolute atomic E-state index is 10.3. The smallest absolute Gasteiger partial charge is 0.191 e. The molecule has 8 heteroatoms. The Morgan fingerprint density at radius 3 is 2.54 bits per heavy atom. The molecule has 1 aromatic heterocycles. The number of nitrogens with zero attached hydrogens (tertiary/aromatic N) is 2. The van der Waals surface area contributed by atoms with Gasteiger partial charge in [-0.3, -0.25) is 0 Å². The van der Waals surface area contributed by atoms with Crippen LogP contribution in [0.3, 0.4) is 0 Å². The van der Waals surface area contributed by atoms with Gasteiger partial charge in [-0.2, -0.15) is 0 Å². The first-order valence-electron chi connectivity index (χ1n) is 8.39. The highest BCUT2D eigenvalue weighted by atomic mass is 127. The second-order valence-electron chi connectivity index (χ2n) is 5.96. The first kappa shape index (κ1) is 23.1. The van der Waals surface area contributed by atoms with Crippen LogP contribution in [0, 0.1) is 0 Å². The molecule has 1 aromatic carbocycles. The van der Waals surface area contributed by atoms with Crippen molar-refractivity contribution < 1.29 is 5.11 Å². The molecule has 0 saturated heterocycles. The number of guanidine groups is 1. The number of benzene rings is 1. The van der Waals surface area contributed by atoms with Gasteiger partial charge in [0.05, 0.1) is 18.3 Å². The van der Waals surface area contributed by atoms with Gasteiger partial charge >= 0.3 is 0 Å². The lowest BCUT2D eigenvalue weighted by Gasteiger charge is -2.15. The van der Waals surface area contributed by atoms with Crippen molar-refractivity contribution in [3.8, 4) is 0 Å². The molecule has 144 valence electrons. The molecule has 5 nitrogen and oxygen atoms in total. The molecule has 26 heavy (non-hydrogen) atoms. The number of aliphatic imine (C=N–C) groups is 1. The summed E-state index contributed by atoms with van der Waals surface area (Å²) in [5.41, 5.74) is 1.92. The Hall–Kier alpha value is -0.900. The molecule has 1 unspecified atom stereocenters. The minimum atomic E-state index is -0.631. The molecule has 1 atom stereocenters. The van der Waals surface area contributed by atoms with Crippen LogP contribution in [-0.2, 0) is 6.54 Å². The fourth-order valence-electron chi connectivity index (χ4n) is 2.15. The van der Waals surface area contributed by atoms with Gasteiger partial charge < -0.3 is 15.7 Å². The van der Waals surface area contributed by atoms with Gasteiger partial charge in [0.2, 0.25) is 0 Å². The van der Waals surface area contributed by atoms with Crippen LogP contribution in [0.25, 0.3) is 0 Å². The lowest BCUT2D eigenvalue weighted by Crippen LogP contribution is -2.39. The van der Waals surface area contributed by atoms with E-state index in [-0.39, 0.29) is 24.0 Å². The number of nitrogens with one attached hydrogen (secondary N) is 2. The summed E-state index contributed by atoms with van der Waals surface area (Å²) in [5, 5.41) is 20.4. The molecule has 0 saturated carbocycles. The average molecular weight is 509 g/mol. The Morgan fingerprint density at radius 1 is 1.27 bits per heavy atom. The number of thiazole rings is 1. The highest BCUT2D eigenvalue weighted by Crippen LogP contribution is 2.18. The summed E-state index contributed by atoms with van der Waals surface area (Å²) in [6.07, 6.45) is -0.631. The predicted molar refractivity (Wildman–Crippen MR) is 121 cm³/mol. The van der Waals surface area contributed by atoms with Crippen molar-refractivity contribution in [3.05, 3.63) is 50.9 Å². The van der Waals surface area contributed by atoms with E-state index in [2.05, 4.69) is 39.8 Å². The zero-order valence-electron chi connectivity index (χ0n) is 15.2. The Morgan fingerprint density at radius 2 is 1.96 bits per heavy atom. The molecule has 0 amide bonds. The lowest BCUT2D eigenvalue weighted by molar-refractivity contribution is 0.181. The van der Waals surface area contributed by atoms with Crippen molar-refractivity contribution in [1.82, 2.24) is 15.6 Å². The topological polar surface area (TPSA) is 69.5 Å². The van der Waals surface area contributed by atoms with E-state index in [1.807, 2.05) is 19.1 Å². The first-order valence-corrected chi connectivity index (χ1v) is 9.65. The number of rotatable bonds is 7. The van der Waals surface area contributed by atoms with Crippen molar-refractivity contribution >= 4 is 52.9 Å². The van der Waals surface area contributed by atoms with E-state index in [4.69, 9.17) is 11.6 Å². The highest BCUT2D eigenvalue weighted by Gasteiger charge is 2.09. The molecule has 0 fully saturated rings. The molecule has 0 aliphatic heterocycles. The quantitative estimate of drug-likeness (QED) is 0.296. The summed E-state index contributed by atoms with van der Waals surface area (Å²) in [4.78, 5) is 9.13. The van der Waals surface area contributed by atoms with Gasteiger partial charge in [0.15, 0.2) is 5.96 Å². The largest absolute Gasteiger partial charge is 0.387 e. The van der Waals surface area contributed by atoms with Crippen LogP contribution < -0.4 is 10.6 Å². The minimum Gasteiger partial charge on any atom is -0.387 e. The number of aliphatic hydroxyl groups is 1. The van der Waals surface area contributed by atoms with Gasteiger partial charge in [-0.15, -0.1) is 35.3 Å². The van der Waals surface area contributed by atoms with E-state index in [1.165, 1.54) is 0 Å². The molecule has 3 N–H and O–H groups in total. The zero-order chi connectivity index (χ0) is 18.2. The first-order chi connectivity index (χ1) is 12.0. The lowest BCUT2D eigenvalue weighted by atomic mass is 10.1. The van der Waals surface area contributed by atoms with Gasteiger partial charge in [-0.1, -0.05) is 37.6 Å². The van der Waals surface area contributed by atoms with Crippen LogP contribution in [-0.4, -0.2) is 29.1 Å². The molecule has 0 aliphatic rings. The number of aliphatic hydroxyl groups excluding tert-OH is 1. The van der Waals surface area contributed by atoms with Crippen molar-refractivity contribution in [2.24, 2.45) is 4.99 Å². The fraction of sp³-hybridized carbons (Fsp3) is 0.444. The average Bonchev–Trinajstić information content (AvgIpc) is 3.07. The monoisotopic (exact) mass is 508 g/mol. The SMILES string of the molecule is CCNC(=NCc1nc(C(C)C)cs1)NCC(O)c1ccc(Cl)cc1.I. The van der Waals surface area contributed by atoms with Crippen LogP contribution >= 0.6 is 46.9 Å². The molecule has 2 aromatic rings. The van der Waals surface area contributed by atoms with Crippen molar-refractivity contribution in [2.45, 2.75) is 39.3 Å². The van der Waals surface area contributed by atoms with Crippen LogP contribution in [0.2, 0.25) is 5.02 Å². The number of hydrogen-bond donors (Lipinski definition) is 3. The third kappa shape index (κ3) is 7.38. The van der Waals surface area contributed by atoms with Crippen LogP contribution in [0.1, 0.15) is 49.1 Å².